The number of hydrogen-bond acceptors (Lipinski definition) is 3. The lowest BCUT2D eigenvalue weighted by Gasteiger charge is -2.33. The third-order valence-electron chi connectivity index (χ3n) is 3.92. The molecule has 1 saturated heterocycles. The molecule has 0 saturated carbocycles. The first-order valence-corrected chi connectivity index (χ1v) is 7.65. The highest BCUT2D eigenvalue weighted by Crippen LogP contribution is 2.11. The number of amides is 1. The summed E-state index contributed by atoms with van der Waals surface area (Å²) in [5.74, 6) is 0.237. The summed E-state index contributed by atoms with van der Waals surface area (Å²) < 4.78 is 1.95. The molecule has 1 aliphatic heterocycles. The van der Waals surface area contributed by atoms with Gasteiger partial charge in [-0.25, -0.2) is 4.98 Å². The van der Waals surface area contributed by atoms with Gasteiger partial charge in [0.05, 0.1) is 6.33 Å². The van der Waals surface area contributed by atoms with Gasteiger partial charge in [0.2, 0.25) is 5.91 Å². The number of carbonyl (C=O) groups excluding carboxylic acids is 1. The highest BCUT2D eigenvalue weighted by molar-refractivity contribution is 5.76. The van der Waals surface area contributed by atoms with Gasteiger partial charge in [0.1, 0.15) is 0 Å². The first-order valence-electron chi connectivity index (χ1n) is 7.65. The van der Waals surface area contributed by atoms with Gasteiger partial charge < -0.3 is 14.8 Å². The van der Waals surface area contributed by atoms with Crippen LogP contribution in [0.1, 0.15) is 39.5 Å². The third kappa shape index (κ3) is 4.34. The number of rotatable bonds is 6. The molecule has 0 spiro atoms. The topological polar surface area (TPSA) is 50.2 Å². The van der Waals surface area contributed by atoms with E-state index in [4.69, 9.17) is 0 Å². The number of imidazole rings is 1. The van der Waals surface area contributed by atoms with Gasteiger partial charge in [0.25, 0.3) is 0 Å². The first kappa shape index (κ1) is 15.0. The molecule has 112 valence electrons. The molecule has 20 heavy (non-hydrogen) atoms. The fraction of sp³-hybridized carbons (Fsp3) is 0.733. The van der Waals surface area contributed by atoms with E-state index in [2.05, 4.69) is 24.1 Å². The van der Waals surface area contributed by atoms with Crippen molar-refractivity contribution in [1.82, 2.24) is 19.8 Å². The highest BCUT2D eigenvalue weighted by Gasteiger charge is 2.22. The third-order valence-corrected chi connectivity index (χ3v) is 3.92. The summed E-state index contributed by atoms with van der Waals surface area (Å²) in [4.78, 5) is 18.4. The summed E-state index contributed by atoms with van der Waals surface area (Å²) in [5, 5.41) is 3.52. The van der Waals surface area contributed by atoms with Gasteiger partial charge >= 0.3 is 0 Å². The Morgan fingerprint density at radius 1 is 1.50 bits per heavy atom. The fourth-order valence-corrected chi connectivity index (χ4v) is 2.71. The lowest BCUT2D eigenvalue weighted by Crippen LogP contribution is -2.48. The van der Waals surface area contributed by atoms with Crippen LogP contribution in [0.5, 0.6) is 0 Å². The van der Waals surface area contributed by atoms with Crippen molar-refractivity contribution in [3.8, 4) is 0 Å². The van der Waals surface area contributed by atoms with Crippen LogP contribution in [0.2, 0.25) is 0 Å². The normalized spacial score (nSPS) is 19.2. The SMILES string of the molecule is CC(C)N(CC1CCCCN1)C(=O)CCn1ccnc1. The summed E-state index contributed by atoms with van der Waals surface area (Å²) in [6, 6.07) is 0.720. The van der Waals surface area contributed by atoms with E-state index in [9.17, 15) is 4.79 Å². The zero-order valence-corrected chi connectivity index (χ0v) is 12.6. The van der Waals surface area contributed by atoms with Crippen molar-refractivity contribution in [3.05, 3.63) is 18.7 Å². The monoisotopic (exact) mass is 278 g/mol. The average molecular weight is 278 g/mol. The van der Waals surface area contributed by atoms with E-state index in [1.165, 1.54) is 19.3 Å². The molecule has 5 nitrogen and oxygen atoms in total. The highest BCUT2D eigenvalue weighted by atomic mass is 16.2. The number of aromatic nitrogens is 2. The summed E-state index contributed by atoms with van der Waals surface area (Å²) in [6.07, 6.45) is 9.65. The predicted octanol–water partition coefficient (Wildman–Crippen LogP) is 1.65. The van der Waals surface area contributed by atoms with Gasteiger partial charge in [0.15, 0.2) is 0 Å². The summed E-state index contributed by atoms with van der Waals surface area (Å²) in [5.41, 5.74) is 0. The molecule has 1 aromatic heterocycles. The second kappa shape index (κ2) is 7.43. The minimum atomic E-state index is 0.237. The van der Waals surface area contributed by atoms with Crippen molar-refractivity contribution >= 4 is 5.91 Å². The molecular formula is C15H26N4O. The number of nitrogens with zero attached hydrogens (tertiary/aromatic N) is 3. The molecule has 1 fully saturated rings. The molecule has 1 aromatic rings. The average Bonchev–Trinajstić information content (AvgIpc) is 2.96. The van der Waals surface area contributed by atoms with Gasteiger partial charge in [-0.15, -0.1) is 0 Å². The van der Waals surface area contributed by atoms with Crippen molar-refractivity contribution in [2.24, 2.45) is 0 Å². The van der Waals surface area contributed by atoms with Gasteiger partial charge in [-0.05, 0) is 33.2 Å². The quantitative estimate of drug-likeness (QED) is 0.861. The molecule has 1 atom stereocenters. The van der Waals surface area contributed by atoms with E-state index in [-0.39, 0.29) is 11.9 Å². The predicted molar refractivity (Wildman–Crippen MR) is 79.3 cm³/mol. The van der Waals surface area contributed by atoms with Crippen LogP contribution in [0.3, 0.4) is 0 Å². The van der Waals surface area contributed by atoms with E-state index >= 15 is 0 Å². The number of nitrogens with one attached hydrogen (secondary N) is 1. The maximum atomic E-state index is 12.4. The standard InChI is InChI=1S/C15H26N4O/c1-13(2)19(11-14-5-3-4-7-17-14)15(20)6-9-18-10-8-16-12-18/h8,10,12-14,17H,3-7,9,11H2,1-2H3. The minimum Gasteiger partial charge on any atom is -0.339 e. The second-order valence-electron chi connectivity index (χ2n) is 5.84. The van der Waals surface area contributed by atoms with Crippen LogP contribution in [0, 0.1) is 0 Å². The Balaban J connectivity index is 1.84. The van der Waals surface area contributed by atoms with Crippen molar-refractivity contribution in [1.29, 1.82) is 0 Å². The Hall–Kier alpha value is -1.36. The number of aryl methyl sites for hydroxylation is 1. The first-order chi connectivity index (χ1) is 9.66. The van der Waals surface area contributed by atoms with Gasteiger partial charge in [-0.2, -0.15) is 0 Å². The largest absolute Gasteiger partial charge is 0.339 e. The molecule has 0 bridgehead atoms. The molecule has 2 rings (SSSR count). The van der Waals surface area contributed by atoms with Crippen LogP contribution < -0.4 is 5.32 Å². The van der Waals surface area contributed by atoms with Crippen LogP contribution >= 0.6 is 0 Å². The molecule has 1 unspecified atom stereocenters. The lowest BCUT2D eigenvalue weighted by molar-refractivity contribution is -0.133. The summed E-state index contributed by atoms with van der Waals surface area (Å²) in [7, 11) is 0. The number of piperidine rings is 1. The van der Waals surface area contributed by atoms with Crippen LogP contribution in [0.15, 0.2) is 18.7 Å². The van der Waals surface area contributed by atoms with Crippen molar-refractivity contribution in [2.45, 2.75) is 58.2 Å². The lowest BCUT2D eigenvalue weighted by atomic mass is 10.0. The zero-order valence-electron chi connectivity index (χ0n) is 12.6. The summed E-state index contributed by atoms with van der Waals surface area (Å²) in [6.45, 7) is 6.82. The Labute approximate surface area is 121 Å². The van der Waals surface area contributed by atoms with Crippen LogP contribution in [0.25, 0.3) is 0 Å². The van der Waals surface area contributed by atoms with E-state index in [1.54, 1.807) is 12.5 Å². The van der Waals surface area contributed by atoms with E-state index in [0.29, 0.717) is 19.0 Å². The zero-order chi connectivity index (χ0) is 14.4. The van der Waals surface area contributed by atoms with Crippen molar-refractivity contribution < 1.29 is 4.79 Å². The van der Waals surface area contributed by atoms with Gasteiger partial charge in [-0.3, -0.25) is 4.79 Å². The van der Waals surface area contributed by atoms with Crippen LogP contribution in [-0.4, -0.2) is 45.5 Å². The molecule has 5 heteroatoms. The van der Waals surface area contributed by atoms with Gasteiger partial charge in [-0.1, -0.05) is 6.42 Å². The second-order valence-corrected chi connectivity index (χ2v) is 5.84. The Bertz CT molecular complexity index is 396. The van der Waals surface area contributed by atoms with Crippen molar-refractivity contribution in [3.63, 3.8) is 0 Å². The summed E-state index contributed by atoms with van der Waals surface area (Å²) >= 11 is 0. The van der Waals surface area contributed by atoms with E-state index in [0.717, 1.165) is 13.1 Å². The molecule has 2 heterocycles. The molecule has 1 aliphatic rings. The smallest absolute Gasteiger partial charge is 0.224 e. The number of carbonyl (C=O) groups is 1. The minimum absolute atomic E-state index is 0.237. The van der Waals surface area contributed by atoms with Gasteiger partial charge in [0, 0.05) is 44.0 Å². The fourth-order valence-electron chi connectivity index (χ4n) is 2.71. The molecule has 0 aromatic carbocycles. The Morgan fingerprint density at radius 3 is 2.95 bits per heavy atom. The van der Waals surface area contributed by atoms with E-state index in [1.807, 2.05) is 15.7 Å². The maximum Gasteiger partial charge on any atom is 0.224 e. The van der Waals surface area contributed by atoms with E-state index < -0.39 is 0 Å². The Kier molecular flexibility index (Phi) is 5.59. The molecular weight excluding hydrogens is 252 g/mol. The van der Waals surface area contributed by atoms with Crippen molar-refractivity contribution in [2.75, 3.05) is 13.1 Å². The Morgan fingerprint density at radius 2 is 2.35 bits per heavy atom. The van der Waals surface area contributed by atoms with Crippen LogP contribution in [0.4, 0.5) is 0 Å². The molecule has 0 radical (unpaired) electrons. The molecule has 1 amide bonds. The number of hydrogen-bond donors (Lipinski definition) is 1. The molecule has 0 aliphatic carbocycles. The van der Waals surface area contributed by atoms with Crippen LogP contribution in [-0.2, 0) is 11.3 Å². The maximum absolute atomic E-state index is 12.4. The molecule has 1 N–H and O–H groups in total.